The van der Waals surface area contributed by atoms with Crippen molar-refractivity contribution in [2.45, 2.75) is 20.0 Å². The Balaban J connectivity index is 2.91. The molecule has 3 heteroatoms. The van der Waals surface area contributed by atoms with E-state index in [4.69, 9.17) is 9.47 Å². The van der Waals surface area contributed by atoms with Gasteiger partial charge in [0, 0.05) is 12.7 Å². The van der Waals surface area contributed by atoms with E-state index >= 15 is 0 Å². The second kappa shape index (κ2) is 4.98. The van der Waals surface area contributed by atoms with Gasteiger partial charge in [0.2, 0.25) is 0 Å². The first-order valence-corrected chi connectivity index (χ1v) is 4.55. The highest BCUT2D eigenvalue weighted by Gasteiger charge is 2.08. The number of aryl methyl sites for hydroxylation is 1. The first-order chi connectivity index (χ1) is 6.65. The van der Waals surface area contributed by atoms with Crippen LogP contribution in [0.15, 0.2) is 18.2 Å². The highest BCUT2D eigenvalue weighted by Crippen LogP contribution is 2.26. The molecule has 1 unspecified atom stereocenters. The van der Waals surface area contributed by atoms with Crippen molar-refractivity contribution in [3.63, 3.8) is 0 Å². The third kappa shape index (κ3) is 2.72. The largest absolute Gasteiger partial charge is 0.467 e. The van der Waals surface area contributed by atoms with Crippen LogP contribution in [-0.2, 0) is 4.74 Å². The van der Waals surface area contributed by atoms with Crippen molar-refractivity contribution in [3.05, 3.63) is 29.3 Å². The van der Waals surface area contributed by atoms with Gasteiger partial charge in [0.1, 0.15) is 5.75 Å². The molecule has 0 spiro atoms. The average molecular weight is 196 g/mol. The van der Waals surface area contributed by atoms with Gasteiger partial charge in [-0.3, -0.25) is 0 Å². The number of hydrogen-bond acceptors (Lipinski definition) is 3. The van der Waals surface area contributed by atoms with Crippen LogP contribution in [-0.4, -0.2) is 19.0 Å². The van der Waals surface area contributed by atoms with Crippen LogP contribution in [0.25, 0.3) is 0 Å². The van der Waals surface area contributed by atoms with E-state index < -0.39 is 6.10 Å². The predicted octanol–water partition coefficient (Wildman–Crippen LogP) is 2.03. The van der Waals surface area contributed by atoms with Crippen LogP contribution in [0.4, 0.5) is 0 Å². The minimum absolute atomic E-state index is 0.198. The van der Waals surface area contributed by atoms with Crippen LogP contribution < -0.4 is 4.74 Å². The Hall–Kier alpha value is -1.06. The van der Waals surface area contributed by atoms with Crippen LogP contribution in [0.1, 0.15) is 24.2 Å². The van der Waals surface area contributed by atoms with Gasteiger partial charge in [0.05, 0.1) is 6.10 Å². The minimum Gasteiger partial charge on any atom is -0.467 e. The topological polar surface area (TPSA) is 38.7 Å². The van der Waals surface area contributed by atoms with Gasteiger partial charge in [-0.15, -0.1) is 0 Å². The maximum atomic E-state index is 9.47. The van der Waals surface area contributed by atoms with E-state index in [2.05, 4.69) is 0 Å². The zero-order valence-corrected chi connectivity index (χ0v) is 8.78. The van der Waals surface area contributed by atoms with Crippen molar-refractivity contribution >= 4 is 0 Å². The lowest BCUT2D eigenvalue weighted by Crippen LogP contribution is -2.03. The van der Waals surface area contributed by atoms with Crippen molar-refractivity contribution < 1.29 is 14.6 Å². The molecule has 0 amide bonds. The summed E-state index contributed by atoms with van der Waals surface area (Å²) in [6, 6.07) is 5.70. The van der Waals surface area contributed by atoms with Crippen LogP contribution in [0.5, 0.6) is 5.75 Å². The summed E-state index contributed by atoms with van der Waals surface area (Å²) in [5.74, 6) is 0.682. The number of ether oxygens (including phenoxy) is 2. The van der Waals surface area contributed by atoms with E-state index in [0.717, 1.165) is 11.1 Å². The summed E-state index contributed by atoms with van der Waals surface area (Å²) in [6.07, 6.45) is -0.526. The molecule has 0 aliphatic carbocycles. The van der Waals surface area contributed by atoms with Crippen molar-refractivity contribution in [3.8, 4) is 5.75 Å². The maximum Gasteiger partial charge on any atom is 0.188 e. The van der Waals surface area contributed by atoms with Gasteiger partial charge in [-0.05, 0) is 25.5 Å². The number of benzene rings is 1. The number of methoxy groups -OCH3 is 1. The molecule has 78 valence electrons. The van der Waals surface area contributed by atoms with Gasteiger partial charge in [-0.25, -0.2) is 0 Å². The second-order valence-electron chi connectivity index (χ2n) is 3.27. The summed E-state index contributed by atoms with van der Waals surface area (Å²) in [4.78, 5) is 0. The summed E-state index contributed by atoms with van der Waals surface area (Å²) in [6.45, 7) is 3.89. The van der Waals surface area contributed by atoms with Gasteiger partial charge in [0.25, 0.3) is 0 Å². The first-order valence-electron chi connectivity index (χ1n) is 4.55. The van der Waals surface area contributed by atoms with E-state index in [0.29, 0.717) is 5.75 Å². The quantitative estimate of drug-likeness (QED) is 0.749. The fraction of sp³-hybridized carbons (Fsp3) is 0.455. The van der Waals surface area contributed by atoms with E-state index in [1.54, 1.807) is 14.0 Å². The monoisotopic (exact) mass is 196 g/mol. The molecule has 0 heterocycles. The Morgan fingerprint density at radius 3 is 2.71 bits per heavy atom. The SMILES string of the molecule is COCOc1cc(C)ccc1C(C)O. The molecule has 0 radical (unpaired) electrons. The van der Waals surface area contributed by atoms with Crippen LogP contribution in [0.2, 0.25) is 0 Å². The number of rotatable bonds is 4. The molecule has 0 aliphatic heterocycles. The van der Waals surface area contributed by atoms with E-state index in [9.17, 15) is 5.11 Å². The Labute approximate surface area is 84.3 Å². The fourth-order valence-corrected chi connectivity index (χ4v) is 1.23. The van der Waals surface area contributed by atoms with Crippen molar-refractivity contribution in [2.24, 2.45) is 0 Å². The van der Waals surface area contributed by atoms with Crippen molar-refractivity contribution in [1.29, 1.82) is 0 Å². The zero-order chi connectivity index (χ0) is 10.6. The third-order valence-electron chi connectivity index (χ3n) is 1.95. The predicted molar refractivity (Wildman–Crippen MR) is 54.3 cm³/mol. The van der Waals surface area contributed by atoms with Gasteiger partial charge >= 0.3 is 0 Å². The van der Waals surface area contributed by atoms with Crippen LogP contribution >= 0.6 is 0 Å². The lowest BCUT2D eigenvalue weighted by Gasteiger charge is -2.13. The smallest absolute Gasteiger partial charge is 0.188 e. The number of hydrogen-bond donors (Lipinski definition) is 1. The summed E-state index contributed by atoms with van der Waals surface area (Å²) >= 11 is 0. The molecule has 1 rings (SSSR count). The van der Waals surface area contributed by atoms with Crippen molar-refractivity contribution in [2.75, 3.05) is 13.9 Å². The molecular weight excluding hydrogens is 180 g/mol. The average Bonchev–Trinajstić information content (AvgIpc) is 2.14. The molecule has 1 N–H and O–H groups in total. The molecular formula is C11H16O3. The molecule has 0 saturated heterocycles. The first kappa shape index (κ1) is 11.0. The van der Waals surface area contributed by atoms with E-state index in [1.165, 1.54) is 0 Å². The fourth-order valence-electron chi connectivity index (χ4n) is 1.23. The molecule has 0 fully saturated rings. The molecule has 1 aromatic carbocycles. The van der Waals surface area contributed by atoms with Gasteiger partial charge < -0.3 is 14.6 Å². The highest BCUT2D eigenvalue weighted by atomic mass is 16.7. The van der Waals surface area contributed by atoms with Crippen LogP contribution in [0.3, 0.4) is 0 Å². The third-order valence-corrected chi connectivity index (χ3v) is 1.95. The Bertz CT molecular complexity index is 295. The highest BCUT2D eigenvalue weighted by molar-refractivity contribution is 5.38. The Kier molecular flexibility index (Phi) is 3.92. The number of aliphatic hydroxyl groups excluding tert-OH is 1. The van der Waals surface area contributed by atoms with E-state index in [1.807, 2.05) is 25.1 Å². The van der Waals surface area contributed by atoms with E-state index in [-0.39, 0.29) is 6.79 Å². The summed E-state index contributed by atoms with van der Waals surface area (Å²) in [5.41, 5.74) is 1.88. The lowest BCUT2D eigenvalue weighted by molar-refractivity contribution is 0.0483. The number of aliphatic hydroxyl groups is 1. The normalized spacial score (nSPS) is 12.6. The van der Waals surface area contributed by atoms with Gasteiger partial charge in [0.15, 0.2) is 6.79 Å². The minimum atomic E-state index is -0.526. The molecule has 0 aromatic heterocycles. The Morgan fingerprint density at radius 1 is 1.43 bits per heavy atom. The summed E-state index contributed by atoms with van der Waals surface area (Å²) in [7, 11) is 1.57. The van der Waals surface area contributed by atoms with Gasteiger partial charge in [-0.1, -0.05) is 12.1 Å². The standard InChI is InChI=1S/C11H16O3/c1-8-4-5-10(9(2)12)11(6-8)14-7-13-3/h4-6,9,12H,7H2,1-3H3. The molecule has 0 saturated carbocycles. The Morgan fingerprint density at radius 2 is 2.14 bits per heavy atom. The molecule has 1 aromatic rings. The lowest BCUT2D eigenvalue weighted by atomic mass is 10.1. The molecule has 3 nitrogen and oxygen atoms in total. The van der Waals surface area contributed by atoms with Crippen molar-refractivity contribution in [1.82, 2.24) is 0 Å². The molecule has 0 bridgehead atoms. The second-order valence-corrected chi connectivity index (χ2v) is 3.27. The molecule has 1 atom stereocenters. The summed E-state index contributed by atoms with van der Waals surface area (Å²) < 4.78 is 10.2. The maximum absolute atomic E-state index is 9.47. The zero-order valence-electron chi connectivity index (χ0n) is 8.78. The summed E-state index contributed by atoms with van der Waals surface area (Å²) in [5, 5.41) is 9.47. The van der Waals surface area contributed by atoms with Crippen LogP contribution in [0, 0.1) is 6.92 Å². The molecule has 14 heavy (non-hydrogen) atoms. The molecule has 0 aliphatic rings. The van der Waals surface area contributed by atoms with Gasteiger partial charge in [-0.2, -0.15) is 0 Å².